The van der Waals surface area contributed by atoms with Crippen molar-refractivity contribution in [3.63, 3.8) is 0 Å². The second-order valence-electron chi connectivity index (χ2n) is 6.31. The first-order valence-electron chi connectivity index (χ1n) is 8.46. The number of carbonyl (C=O) groups is 1. The first kappa shape index (κ1) is 18.7. The number of piperidine rings is 1. The zero-order valence-electron chi connectivity index (χ0n) is 14.5. The highest BCUT2D eigenvalue weighted by atomic mass is 32.1. The topological polar surface area (TPSA) is 38.1 Å². The Morgan fingerprint density at radius 1 is 1.31 bits per heavy atom. The molecule has 1 amide bonds. The molecule has 3 rings (SSSR count). The Labute approximate surface area is 153 Å². The predicted octanol–water partition coefficient (Wildman–Crippen LogP) is 4.52. The molecule has 1 fully saturated rings. The minimum Gasteiger partial charge on any atom is -0.338 e. The summed E-state index contributed by atoms with van der Waals surface area (Å²) >= 11 is 1.19. The molecule has 140 valence electrons. The number of nitrogens with zero attached hydrogens (tertiary/aromatic N) is 3. The Morgan fingerprint density at radius 3 is 2.62 bits per heavy atom. The molecular formula is C18H20F3N3OS. The number of aryl methyl sites for hydroxylation is 1. The van der Waals surface area contributed by atoms with E-state index in [0.717, 1.165) is 37.0 Å². The van der Waals surface area contributed by atoms with Crippen molar-refractivity contribution in [2.75, 3.05) is 13.1 Å². The molecule has 0 aliphatic carbocycles. The molecule has 1 aliphatic heterocycles. The minimum atomic E-state index is -4.50. The summed E-state index contributed by atoms with van der Waals surface area (Å²) in [6.45, 7) is 5.02. The van der Waals surface area contributed by atoms with Gasteiger partial charge in [0.25, 0.3) is 5.91 Å². The molecule has 2 aromatic heterocycles. The van der Waals surface area contributed by atoms with Crippen LogP contribution in [0, 0.1) is 0 Å². The van der Waals surface area contributed by atoms with E-state index in [0.29, 0.717) is 9.75 Å². The van der Waals surface area contributed by atoms with E-state index in [1.807, 2.05) is 4.90 Å². The highest BCUT2D eigenvalue weighted by Crippen LogP contribution is 2.39. The molecule has 1 aliphatic rings. The number of aromatic nitrogens is 2. The maximum absolute atomic E-state index is 13.4. The molecule has 0 unspecified atom stereocenters. The van der Waals surface area contributed by atoms with Crippen molar-refractivity contribution in [1.82, 2.24) is 14.7 Å². The molecule has 0 bridgehead atoms. The Morgan fingerprint density at radius 2 is 2.00 bits per heavy atom. The fraction of sp³-hybridized carbons (Fsp3) is 0.444. The predicted molar refractivity (Wildman–Crippen MR) is 95.2 cm³/mol. The lowest BCUT2D eigenvalue weighted by Crippen LogP contribution is -2.35. The number of carbonyl (C=O) groups excluding carboxylic acids is 1. The summed E-state index contributed by atoms with van der Waals surface area (Å²) in [5, 5.41) is 4.09. The Kier molecular flexibility index (Phi) is 5.22. The van der Waals surface area contributed by atoms with Gasteiger partial charge in [0.1, 0.15) is 11.4 Å². The number of halogens is 3. The number of hydrogen-bond acceptors (Lipinski definition) is 3. The van der Waals surface area contributed by atoms with Crippen LogP contribution in [0.4, 0.5) is 13.2 Å². The van der Waals surface area contributed by atoms with Crippen LogP contribution >= 0.6 is 11.3 Å². The number of rotatable bonds is 4. The van der Waals surface area contributed by atoms with Crippen LogP contribution in [-0.2, 0) is 19.6 Å². The SMILES string of the molecule is C=CCc1c(-c2ccc(C(=O)N3CCCCC3)s2)nn(C)c1C(F)(F)F. The molecule has 0 radical (unpaired) electrons. The number of amides is 1. The fourth-order valence-corrected chi connectivity index (χ4v) is 4.28. The molecule has 0 N–H and O–H groups in total. The van der Waals surface area contributed by atoms with Crippen molar-refractivity contribution in [3.05, 3.63) is 40.9 Å². The summed E-state index contributed by atoms with van der Waals surface area (Å²) in [5.74, 6) is -0.0572. The van der Waals surface area contributed by atoms with Gasteiger partial charge in [0, 0.05) is 25.7 Å². The highest BCUT2D eigenvalue weighted by molar-refractivity contribution is 7.17. The van der Waals surface area contributed by atoms with E-state index in [1.54, 1.807) is 12.1 Å². The van der Waals surface area contributed by atoms with Crippen LogP contribution in [0.1, 0.15) is 40.2 Å². The Balaban J connectivity index is 1.96. The van der Waals surface area contributed by atoms with Gasteiger partial charge in [0.05, 0.1) is 9.75 Å². The quantitative estimate of drug-likeness (QED) is 0.728. The van der Waals surface area contributed by atoms with Crippen LogP contribution in [0.2, 0.25) is 0 Å². The fourth-order valence-electron chi connectivity index (χ4n) is 3.29. The van der Waals surface area contributed by atoms with E-state index >= 15 is 0 Å². The third-order valence-corrected chi connectivity index (χ3v) is 5.54. The van der Waals surface area contributed by atoms with Crippen LogP contribution < -0.4 is 0 Å². The lowest BCUT2D eigenvalue weighted by Gasteiger charge is -2.26. The molecule has 0 saturated carbocycles. The number of likely N-dealkylation sites (tertiary alicyclic amines) is 1. The molecular weight excluding hydrogens is 363 g/mol. The standard InChI is InChI=1S/C18H20F3N3OS/c1-3-7-12-15(22-23(2)16(12)18(19,20)21)13-8-9-14(26-13)17(25)24-10-5-4-6-11-24/h3,8-9H,1,4-7,10-11H2,2H3. The normalized spacial score (nSPS) is 15.3. The third kappa shape index (κ3) is 3.56. The number of alkyl halides is 3. The monoisotopic (exact) mass is 383 g/mol. The second-order valence-corrected chi connectivity index (χ2v) is 7.39. The summed E-state index contributed by atoms with van der Waals surface area (Å²) in [5.41, 5.74) is -0.416. The largest absolute Gasteiger partial charge is 0.433 e. The molecule has 8 heteroatoms. The number of allylic oxidation sites excluding steroid dienone is 1. The van der Waals surface area contributed by atoms with Crippen LogP contribution in [-0.4, -0.2) is 33.7 Å². The maximum atomic E-state index is 13.4. The lowest BCUT2D eigenvalue weighted by molar-refractivity contribution is -0.144. The maximum Gasteiger partial charge on any atom is 0.433 e. The summed E-state index contributed by atoms with van der Waals surface area (Å²) in [6.07, 6.45) is 0.0976. The van der Waals surface area contributed by atoms with Gasteiger partial charge in [-0.3, -0.25) is 9.48 Å². The lowest BCUT2D eigenvalue weighted by atomic mass is 10.1. The van der Waals surface area contributed by atoms with E-state index < -0.39 is 11.9 Å². The molecule has 1 saturated heterocycles. The Bertz CT molecular complexity index is 816. The summed E-state index contributed by atoms with van der Waals surface area (Å²) < 4.78 is 41.0. The average Bonchev–Trinajstić information content (AvgIpc) is 3.19. The molecule has 4 nitrogen and oxygen atoms in total. The summed E-state index contributed by atoms with van der Waals surface area (Å²) in [6, 6.07) is 3.35. The van der Waals surface area contributed by atoms with Crippen LogP contribution in [0.5, 0.6) is 0 Å². The van der Waals surface area contributed by atoms with Gasteiger partial charge in [0.15, 0.2) is 0 Å². The van der Waals surface area contributed by atoms with Gasteiger partial charge in [0.2, 0.25) is 0 Å². The van der Waals surface area contributed by atoms with Gasteiger partial charge >= 0.3 is 6.18 Å². The van der Waals surface area contributed by atoms with Crippen molar-refractivity contribution in [1.29, 1.82) is 0 Å². The van der Waals surface area contributed by atoms with E-state index in [2.05, 4.69) is 11.7 Å². The van der Waals surface area contributed by atoms with Crippen molar-refractivity contribution in [2.24, 2.45) is 7.05 Å². The zero-order valence-corrected chi connectivity index (χ0v) is 15.3. The first-order chi connectivity index (χ1) is 12.3. The highest BCUT2D eigenvalue weighted by Gasteiger charge is 2.39. The van der Waals surface area contributed by atoms with E-state index in [1.165, 1.54) is 24.5 Å². The minimum absolute atomic E-state index is 0.0572. The first-order valence-corrected chi connectivity index (χ1v) is 9.28. The molecule has 0 atom stereocenters. The summed E-state index contributed by atoms with van der Waals surface area (Å²) in [4.78, 5) is 15.5. The van der Waals surface area contributed by atoms with Crippen LogP contribution in [0.25, 0.3) is 10.6 Å². The summed E-state index contributed by atoms with van der Waals surface area (Å²) in [7, 11) is 1.28. The van der Waals surface area contributed by atoms with Gasteiger partial charge in [-0.2, -0.15) is 18.3 Å². The molecule has 2 aromatic rings. The van der Waals surface area contributed by atoms with Crippen molar-refractivity contribution in [2.45, 2.75) is 31.9 Å². The molecule has 26 heavy (non-hydrogen) atoms. The van der Waals surface area contributed by atoms with Gasteiger partial charge < -0.3 is 4.90 Å². The second kappa shape index (κ2) is 7.26. The van der Waals surface area contributed by atoms with Crippen molar-refractivity contribution < 1.29 is 18.0 Å². The van der Waals surface area contributed by atoms with Crippen molar-refractivity contribution >= 4 is 17.2 Å². The van der Waals surface area contributed by atoms with E-state index in [9.17, 15) is 18.0 Å². The smallest absolute Gasteiger partial charge is 0.338 e. The van der Waals surface area contributed by atoms with Gasteiger partial charge in [-0.05, 0) is 37.8 Å². The molecule has 0 spiro atoms. The molecule has 0 aromatic carbocycles. The zero-order chi connectivity index (χ0) is 18.9. The van der Waals surface area contributed by atoms with E-state index in [4.69, 9.17) is 0 Å². The van der Waals surface area contributed by atoms with Gasteiger partial charge in [-0.15, -0.1) is 17.9 Å². The Hall–Kier alpha value is -2.09. The number of hydrogen-bond donors (Lipinski definition) is 0. The number of thiophene rings is 1. The van der Waals surface area contributed by atoms with Crippen LogP contribution in [0.3, 0.4) is 0 Å². The average molecular weight is 383 g/mol. The third-order valence-electron chi connectivity index (χ3n) is 4.46. The van der Waals surface area contributed by atoms with Gasteiger partial charge in [-0.1, -0.05) is 6.08 Å². The van der Waals surface area contributed by atoms with E-state index in [-0.39, 0.29) is 23.6 Å². The molecule has 3 heterocycles. The van der Waals surface area contributed by atoms with Crippen LogP contribution in [0.15, 0.2) is 24.8 Å². The van der Waals surface area contributed by atoms with Crippen molar-refractivity contribution in [3.8, 4) is 10.6 Å². The van der Waals surface area contributed by atoms with Gasteiger partial charge in [-0.25, -0.2) is 0 Å².